The van der Waals surface area contributed by atoms with Crippen LogP contribution in [0.5, 0.6) is 5.75 Å². The molecular weight excluding hydrogens is 216 g/mol. The monoisotopic (exact) mass is 236 g/mol. The van der Waals surface area contributed by atoms with Gasteiger partial charge in [-0.3, -0.25) is 4.79 Å². The zero-order chi connectivity index (χ0) is 12.8. The second kappa shape index (κ2) is 6.25. The lowest BCUT2D eigenvalue weighted by Gasteiger charge is -2.18. The molecule has 1 aromatic rings. The molecule has 0 heterocycles. The van der Waals surface area contributed by atoms with Crippen molar-refractivity contribution in [1.82, 2.24) is 10.2 Å². The third kappa shape index (κ3) is 3.75. The van der Waals surface area contributed by atoms with Crippen LogP contribution in [0.3, 0.4) is 0 Å². The average molecular weight is 236 g/mol. The Labute approximate surface area is 102 Å². The van der Waals surface area contributed by atoms with Crippen LogP contribution in [0.2, 0.25) is 0 Å². The normalized spacial score (nSPS) is 10.3. The van der Waals surface area contributed by atoms with Crippen molar-refractivity contribution in [2.24, 2.45) is 0 Å². The van der Waals surface area contributed by atoms with Crippen molar-refractivity contribution >= 4 is 5.91 Å². The molecule has 0 fully saturated rings. The molecule has 0 bridgehead atoms. The van der Waals surface area contributed by atoms with E-state index in [2.05, 4.69) is 5.32 Å². The van der Waals surface area contributed by atoms with E-state index in [9.17, 15) is 9.90 Å². The molecule has 1 rings (SSSR count). The Morgan fingerprint density at radius 1 is 1.47 bits per heavy atom. The zero-order valence-electron chi connectivity index (χ0n) is 10.7. The Kier molecular flexibility index (Phi) is 4.97. The van der Waals surface area contributed by atoms with Gasteiger partial charge in [0.05, 0.1) is 0 Å². The van der Waals surface area contributed by atoms with Crippen LogP contribution in [0.4, 0.5) is 0 Å². The topological polar surface area (TPSA) is 52.6 Å². The van der Waals surface area contributed by atoms with Crippen molar-refractivity contribution in [3.8, 4) is 5.75 Å². The van der Waals surface area contributed by atoms with E-state index in [0.717, 1.165) is 25.1 Å². The maximum Gasteiger partial charge on any atom is 0.253 e. The van der Waals surface area contributed by atoms with E-state index in [-0.39, 0.29) is 11.7 Å². The molecule has 0 radical (unpaired) electrons. The van der Waals surface area contributed by atoms with Gasteiger partial charge in [-0.05, 0) is 50.7 Å². The van der Waals surface area contributed by atoms with Crippen LogP contribution >= 0.6 is 0 Å². The van der Waals surface area contributed by atoms with Crippen LogP contribution in [0.15, 0.2) is 18.2 Å². The largest absolute Gasteiger partial charge is 0.508 e. The summed E-state index contributed by atoms with van der Waals surface area (Å²) in [6.07, 6.45) is 0.926. The maximum absolute atomic E-state index is 12.1. The van der Waals surface area contributed by atoms with E-state index in [0.29, 0.717) is 5.56 Å². The lowest BCUT2D eigenvalue weighted by Crippen LogP contribution is -2.29. The summed E-state index contributed by atoms with van der Waals surface area (Å²) in [5.41, 5.74) is 1.45. The van der Waals surface area contributed by atoms with Gasteiger partial charge in [-0.2, -0.15) is 0 Å². The summed E-state index contributed by atoms with van der Waals surface area (Å²) in [5, 5.41) is 12.3. The summed E-state index contributed by atoms with van der Waals surface area (Å²) in [7, 11) is 3.69. The molecule has 0 aliphatic rings. The third-order valence-electron chi connectivity index (χ3n) is 2.71. The first-order chi connectivity index (χ1) is 8.06. The number of nitrogens with zero attached hydrogens (tertiary/aromatic N) is 1. The summed E-state index contributed by atoms with van der Waals surface area (Å²) in [5.74, 6) is 0.190. The second-order valence-electron chi connectivity index (χ2n) is 4.18. The quantitative estimate of drug-likeness (QED) is 0.759. The van der Waals surface area contributed by atoms with Gasteiger partial charge < -0.3 is 15.3 Å². The highest BCUT2D eigenvalue weighted by Gasteiger charge is 2.13. The van der Waals surface area contributed by atoms with Crippen LogP contribution in [0, 0.1) is 6.92 Å². The van der Waals surface area contributed by atoms with E-state index in [1.807, 2.05) is 14.0 Å². The Morgan fingerprint density at radius 2 is 2.18 bits per heavy atom. The van der Waals surface area contributed by atoms with Crippen LogP contribution in [0.25, 0.3) is 0 Å². The van der Waals surface area contributed by atoms with Gasteiger partial charge in [0, 0.05) is 19.2 Å². The molecule has 0 aliphatic heterocycles. The Hall–Kier alpha value is -1.55. The standard InChI is InChI=1S/C13H20N2O2/c1-10-9-11(16)5-6-12(10)13(17)15(3)8-4-7-14-2/h5-6,9,14,16H,4,7-8H2,1-3H3. The van der Waals surface area contributed by atoms with Gasteiger partial charge in [-0.1, -0.05) is 0 Å². The lowest BCUT2D eigenvalue weighted by molar-refractivity contribution is 0.0793. The Morgan fingerprint density at radius 3 is 2.76 bits per heavy atom. The summed E-state index contributed by atoms with van der Waals surface area (Å²) in [6.45, 7) is 3.45. The number of hydrogen-bond donors (Lipinski definition) is 2. The molecule has 0 saturated carbocycles. The molecule has 4 nitrogen and oxygen atoms in total. The number of phenols is 1. The first-order valence-corrected chi connectivity index (χ1v) is 5.76. The summed E-state index contributed by atoms with van der Waals surface area (Å²) >= 11 is 0. The van der Waals surface area contributed by atoms with Crippen LogP contribution in [0.1, 0.15) is 22.3 Å². The van der Waals surface area contributed by atoms with Crippen LogP contribution in [-0.2, 0) is 0 Å². The molecule has 0 unspecified atom stereocenters. The highest BCUT2D eigenvalue weighted by molar-refractivity contribution is 5.95. The fraction of sp³-hybridized carbons (Fsp3) is 0.462. The van der Waals surface area contributed by atoms with Crippen LogP contribution in [-0.4, -0.2) is 43.1 Å². The predicted octanol–water partition coefficient (Wildman–Crippen LogP) is 1.38. The van der Waals surface area contributed by atoms with Crippen molar-refractivity contribution in [1.29, 1.82) is 0 Å². The lowest BCUT2D eigenvalue weighted by atomic mass is 10.1. The SMILES string of the molecule is CNCCCN(C)C(=O)c1ccc(O)cc1C. The van der Waals surface area contributed by atoms with Gasteiger partial charge in [-0.25, -0.2) is 0 Å². The van der Waals surface area contributed by atoms with Crippen molar-refractivity contribution in [2.75, 3.05) is 27.2 Å². The van der Waals surface area contributed by atoms with E-state index >= 15 is 0 Å². The number of benzene rings is 1. The Balaban J connectivity index is 2.68. The third-order valence-corrected chi connectivity index (χ3v) is 2.71. The fourth-order valence-corrected chi connectivity index (χ4v) is 1.69. The predicted molar refractivity (Wildman–Crippen MR) is 68.3 cm³/mol. The van der Waals surface area contributed by atoms with Crippen molar-refractivity contribution < 1.29 is 9.90 Å². The highest BCUT2D eigenvalue weighted by Crippen LogP contribution is 2.16. The molecule has 94 valence electrons. The smallest absolute Gasteiger partial charge is 0.253 e. The number of rotatable bonds is 5. The molecular formula is C13H20N2O2. The van der Waals surface area contributed by atoms with Crippen LogP contribution < -0.4 is 5.32 Å². The molecule has 1 amide bonds. The first kappa shape index (κ1) is 13.5. The molecule has 17 heavy (non-hydrogen) atoms. The number of nitrogens with one attached hydrogen (secondary N) is 1. The van der Waals surface area contributed by atoms with Gasteiger partial charge in [0.15, 0.2) is 0 Å². The van der Waals surface area contributed by atoms with E-state index in [1.54, 1.807) is 30.1 Å². The summed E-state index contributed by atoms with van der Waals surface area (Å²) in [6, 6.07) is 4.82. The minimum Gasteiger partial charge on any atom is -0.508 e. The first-order valence-electron chi connectivity index (χ1n) is 5.76. The van der Waals surface area contributed by atoms with Crippen molar-refractivity contribution in [2.45, 2.75) is 13.3 Å². The average Bonchev–Trinajstić information content (AvgIpc) is 2.28. The molecule has 0 atom stereocenters. The number of carbonyl (C=O) groups excluding carboxylic acids is 1. The minimum absolute atomic E-state index is 0.00129. The molecule has 0 saturated heterocycles. The van der Waals surface area contributed by atoms with E-state index in [1.165, 1.54) is 0 Å². The molecule has 1 aromatic carbocycles. The molecule has 0 aliphatic carbocycles. The number of carbonyl (C=O) groups is 1. The van der Waals surface area contributed by atoms with Gasteiger partial charge in [-0.15, -0.1) is 0 Å². The molecule has 0 spiro atoms. The minimum atomic E-state index is -0.00129. The number of aryl methyl sites for hydroxylation is 1. The van der Waals surface area contributed by atoms with Crippen molar-refractivity contribution in [3.63, 3.8) is 0 Å². The number of amides is 1. The number of phenolic OH excluding ortho intramolecular Hbond substituents is 1. The Bertz CT molecular complexity index is 391. The van der Waals surface area contributed by atoms with Gasteiger partial charge in [0.25, 0.3) is 5.91 Å². The fourth-order valence-electron chi connectivity index (χ4n) is 1.69. The zero-order valence-corrected chi connectivity index (χ0v) is 10.7. The molecule has 4 heteroatoms. The van der Waals surface area contributed by atoms with Crippen molar-refractivity contribution in [3.05, 3.63) is 29.3 Å². The molecule has 0 aromatic heterocycles. The van der Waals surface area contributed by atoms with E-state index < -0.39 is 0 Å². The van der Waals surface area contributed by atoms with Gasteiger partial charge >= 0.3 is 0 Å². The summed E-state index contributed by atoms with van der Waals surface area (Å²) in [4.78, 5) is 13.8. The van der Waals surface area contributed by atoms with E-state index in [4.69, 9.17) is 0 Å². The van der Waals surface area contributed by atoms with Gasteiger partial charge in [0.2, 0.25) is 0 Å². The second-order valence-corrected chi connectivity index (χ2v) is 4.18. The van der Waals surface area contributed by atoms with Gasteiger partial charge in [0.1, 0.15) is 5.75 Å². The number of hydrogen-bond acceptors (Lipinski definition) is 3. The number of aromatic hydroxyl groups is 1. The highest BCUT2D eigenvalue weighted by atomic mass is 16.3. The maximum atomic E-state index is 12.1. The summed E-state index contributed by atoms with van der Waals surface area (Å²) < 4.78 is 0. The molecule has 2 N–H and O–H groups in total.